The maximum absolute atomic E-state index is 13.1. The number of aryl methyl sites for hydroxylation is 1. The molecule has 1 amide bonds. The van der Waals surface area contributed by atoms with Crippen LogP contribution >= 0.6 is 0 Å². The zero-order valence-corrected chi connectivity index (χ0v) is 21.5. The number of methoxy groups -OCH3 is 1. The Morgan fingerprint density at radius 3 is 2.17 bits per heavy atom. The summed E-state index contributed by atoms with van der Waals surface area (Å²) in [5.74, 6) is 0.682. The first kappa shape index (κ1) is 25.3. The fourth-order valence-electron chi connectivity index (χ4n) is 4.63. The normalized spacial score (nSPS) is 13.6. The van der Waals surface area contributed by atoms with Gasteiger partial charge in [-0.1, -0.05) is 0 Å². The fourth-order valence-corrected chi connectivity index (χ4v) is 4.63. The molecule has 4 rings (SSSR count). The molecule has 0 unspecified atom stereocenters. The van der Waals surface area contributed by atoms with E-state index in [9.17, 15) is 9.59 Å². The minimum absolute atomic E-state index is 0.0417. The maximum Gasteiger partial charge on any atom is 0.305 e. The van der Waals surface area contributed by atoms with Crippen LogP contribution < -0.4 is 9.64 Å². The molecule has 190 valence electrons. The topological polar surface area (TPSA) is 76.9 Å². The molecule has 1 aliphatic rings. The highest BCUT2D eigenvalue weighted by molar-refractivity contribution is 5.94. The van der Waals surface area contributed by atoms with Gasteiger partial charge < -0.3 is 19.3 Å². The van der Waals surface area contributed by atoms with Crippen LogP contribution in [0, 0.1) is 13.8 Å². The van der Waals surface area contributed by atoms with E-state index in [0.717, 1.165) is 47.2 Å². The molecule has 2 heterocycles. The highest BCUT2D eigenvalue weighted by Gasteiger charge is 2.23. The van der Waals surface area contributed by atoms with Gasteiger partial charge in [-0.15, -0.1) is 0 Å². The van der Waals surface area contributed by atoms with Gasteiger partial charge in [-0.25, -0.2) is 4.68 Å². The van der Waals surface area contributed by atoms with Gasteiger partial charge in [-0.3, -0.25) is 9.59 Å². The lowest BCUT2D eigenvalue weighted by Gasteiger charge is -2.36. The quantitative estimate of drug-likeness (QED) is 0.445. The molecular weight excluding hydrogens is 456 g/mol. The summed E-state index contributed by atoms with van der Waals surface area (Å²) in [6.45, 7) is 9.50. The number of benzene rings is 2. The van der Waals surface area contributed by atoms with Crippen LogP contribution in [0.4, 0.5) is 5.69 Å². The van der Waals surface area contributed by atoms with E-state index in [2.05, 4.69) is 22.1 Å². The summed E-state index contributed by atoms with van der Waals surface area (Å²) in [6, 6.07) is 15.7. The van der Waals surface area contributed by atoms with Gasteiger partial charge in [0.2, 0.25) is 0 Å². The second-order valence-corrected chi connectivity index (χ2v) is 8.89. The number of esters is 1. The largest absolute Gasteiger partial charge is 0.494 e. The average molecular weight is 491 g/mol. The maximum atomic E-state index is 13.1. The van der Waals surface area contributed by atoms with Gasteiger partial charge in [0.25, 0.3) is 5.91 Å². The van der Waals surface area contributed by atoms with Crippen molar-refractivity contribution in [3.05, 3.63) is 71.0 Å². The van der Waals surface area contributed by atoms with Crippen molar-refractivity contribution >= 4 is 17.6 Å². The van der Waals surface area contributed by atoms with Crippen molar-refractivity contribution in [3.8, 4) is 11.4 Å². The molecule has 0 atom stereocenters. The molecule has 8 nitrogen and oxygen atoms in total. The van der Waals surface area contributed by atoms with Gasteiger partial charge in [-0.2, -0.15) is 5.10 Å². The monoisotopic (exact) mass is 490 g/mol. The van der Waals surface area contributed by atoms with Gasteiger partial charge in [-0.05, 0) is 81.3 Å². The summed E-state index contributed by atoms with van der Waals surface area (Å²) in [7, 11) is 1.40. The predicted octanol–water partition coefficient (Wildman–Crippen LogP) is 3.96. The van der Waals surface area contributed by atoms with Crippen molar-refractivity contribution in [1.82, 2.24) is 14.7 Å². The molecule has 0 saturated carbocycles. The Bertz CT molecular complexity index is 1190. The molecule has 0 aliphatic carbocycles. The van der Waals surface area contributed by atoms with Crippen LogP contribution in [0.25, 0.3) is 5.69 Å². The Morgan fingerprint density at radius 2 is 1.56 bits per heavy atom. The highest BCUT2D eigenvalue weighted by atomic mass is 16.5. The fraction of sp³-hybridized carbons (Fsp3) is 0.393. The van der Waals surface area contributed by atoms with Gasteiger partial charge in [0.15, 0.2) is 0 Å². The zero-order valence-electron chi connectivity index (χ0n) is 21.5. The van der Waals surface area contributed by atoms with E-state index in [1.807, 2.05) is 66.8 Å². The van der Waals surface area contributed by atoms with Gasteiger partial charge in [0, 0.05) is 49.5 Å². The van der Waals surface area contributed by atoms with Crippen LogP contribution in [-0.4, -0.2) is 66.5 Å². The van der Waals surface area contributed by atoms with Gasteiger partial charge in [0.1, 0.15) is 5.75 Å². The minimum atomic E-state index is -0.232. The molecule has 8 heteroatoms. The standard InChI is InChI=1S/C28H34N4O4/c1-5-36-25-12-10-23(11-13-25)30-16-18-31(19-17-30)28(34)22-6-8-24(9-7-22)32-21(3)26(20(2)29-32)14-15-27(33)35-4/h6-13H,5,14-19H2,1-4H3. The number of carbonyl (C=O) groups excluding carboxylic acids is 2. The summed E-state index contributed by atoms with van der Waals surface area (Å²) in [5, 5.41) is 4.66. The predicted molar refractivity (Wildman–Crippen MR) is 139 cm³/mol. The Balaban J connectivity index is 1.38. The van der Waals surface area contributed by atoms with Crippen LogP contribution in [0.3, 0.4) is 0 Å². The SMILES string of the molecule is CCOc1ccc(N2CCN(C(=O)c3ccc(-n4nc(C)c(CCC(=O)OC)c4C)cc3)CC2)cc1. The average Bonchev–Trinajstić information content (AvgIpc) is 3.20. The molecule has 36 heavy (non-hydrogen) atoms. The van der Waals surface area contributed by atoms with Crippen molar-refractivity contribution in [2.75, 3.05) is 44.8 Å². The van der Waals surface area contributed by atoms with Crippen LogP contribution in [0.15, 0.2) is 48.5 Å². The third kappa shape index (κ3) is 5.53. The van der Waals surface area contributed by atoms with E-state index in [-0.39, 0.29) is 11.9 Å². The number of carbonyl (C=O) groups is 2. The molecular formula is C28H34N4O4. The third-order valence-electron chi connectivity index (χ3n) is 6.69. The number of anilines is 1. The molecule has 1 aliphatic heterocycles. The number of aromatic nitrogens is 2. The van der Waals surface area contributed by atoms with Crippen molar-refractivity contribution < 1.29 is 19.1 Å². The van der Waals surface area contributed by atoms with E-state index in [0.29, 0.717) is 38.1 Å². The number of piperazine rings is 1. The lowest BCUT2D eigenvalue weighted by atomic mass is 10.1. The van der Waals surface area contributed by atoms with Crippen LogP contribution in [0.5, 0.6) is 5.75 Å². The van der Waals surface area contributed by atoms with Crippen molar-refractivity contribution in [1.29, 1.82) is 0 Å². The summed E-state index contributed by atoms with van der Waals surface area (Å²) in [4.78, 5) is 28.9. The van der Waals surface area contributed by atoms with E-state index in [1.54, 1.807) is 0 Å². The first-order valence-electron chi connectivity index (χ1n) is 12.4. The van der Waals surface area contributed by atoms with E-state index < -0.39 is 0 Å². The third-order valence-corrected chi connectivity index (χ3v) is 6.69. The molecule has 0 N–H and O–H groups in total. The zero-order chi connectivity index (χ0) is 25.7. The lowest BCUT2D eigenvalue weighted by molar-refractivity contribution is -0.140. The van der Waals surface area contributed by atoms with Crippen LogP contribution in [0.2, 0.25) is 0 Å². The smallest absolute Gasteiger partial charge is 0.305 e. The second-order valence-electron chi connectivity index (χ2n) is 8.89. The Morgan fingerprint density at radius 1 is 0.917 bits per heavy atom. The molecule has 0 spiro atoms. The second kappa shape index (κ2) is 11.3. The summed E-state index contributed by atoms with van der Waals surface area (Å²) in [5.41, 5.74) is 5.62. The number of rotatable bonds is 8. The minimum Gasteiger partial charge on any atom is -0.494 e. The number of hydrogen-bond acceptors (Lipinski definition) is 6. The lowest BCUT2D eigenvalue weighted by Crippen LogP contribution is -2.48. The van der Waals surface area contributed by atoms with Gasteiger partial charge in [0.05, 0.1) is 25.1 Å². The molecule has 1 saturated heterocycles. The molecule has 0 bridgehead atoms. The van der Waals surface area contributed by atoms with Crippen molar-refractivity contribution in [2.45, 2.75) is 33.6 Å². The van der Waals surface area contributed by atoms with Gasteiger partial charge >= 0.3 is 5.97 Å². The molecule has 2 aromatic carbocycles. The Hall–Kier alpha value is -3.81. The highest BCUT2D eigenvalue weighted by Crippen LogP contribution is 2.23. The molecule has 1 aromatic heterocycles. The van der Waals surface area contributed by atoms with E-state index in [4.69, 9.17) is 9.47 Å². The van der Waals surface area contributed by atoms with Crippen molar-refractivity contribution in [3.63, 3.8) is 0 Å². The number of amides is 1. The number of nitrogens with zero attached hydrogens (tertiary/aromatic N) is 4. The summed E-state index contributed by atoms with van der Waals surface area (Å²) in [6.07, 6.45) is 0.909. The first-order valence-corrected chi connectivity index (χ1v) is 12.4. The summed E-state index contributed by atoms with van der Waals surface area (Å²) < 4.78 is 12.2. The number of ether oxygens (including phenoxy) is 2. The van der Waals surface area contributed by atoms with Crippen LogP contribution in [-0.2, 0) is 16.0 Å². The molecule has 1 fully saturated rings. The molecule has 3 aromatic rings. The molecule has 0 radical (unpaired) electrons. The first-order chi connectivity index (χ1) is 17.4. The van der Waals surface area contributed by atoms with E-state index in [1.165, 1.54) is 7.11 Å². The Kier molecular flexibility index (Phi) is 7.93. The van der Waals surface area contributed by atoms with E-state index >= 15 is 0 Å². The Labute approximate surface area is 212 Å². The van der Waals surface area contributed by atoms with Crippen LogP contribution in [0.1, 0.15) is 40.7 Å². The summed E-state index contributed by atoms with van der Waals surface area (Å²) >= 11 is 0. The van der Waals surface area contributed by atoms with Crippen molar-refractivity contribution in [2.24, 2.45) is 0 Å². The number of hydrogen-bond donors (Lipinski definition) is 0.